The van der Waals surface area contributed by atoms with Crippen LogP contribution in [0.4, 0.5) is 15.8 Å². The van der Waals surface area contributed by atoms with Gasteiger partial charge in [-0.05, 0) is 98.2 Å². The van der Waals surface area contributed by atoms with Gasteiger partial charge in [-0.15, -0.1) is 0 Å². The second kappa shape index (κ2) is 13.9. The summed E-state index contributed by atoms with van der Waals surface area (Å²) in [6.07, 6.45) is -1.80. The molecule has 2 amide bonds. The Labute approximate surface area is 262 Å². The van der Waals surface area contributed by atoms with Crippen molar-refractivity contribution in [1.82, 2.24) is 0 Å². The van der Waals surface area contributed by atoms with Gasteiger partial charge in [-0.25, -0.2) is 4.39 Å². The largest absolute Gasteiger partial charge is 0.479 e. The van der Waals surface area contributed by atoms with Gasteiger partial charge in [-0.1, -0.05) is 63.1 Å². The van der Waals surface area contributed by atoms with Crippen LogP contribution in [0.1, 0.15) is 61.1 Å². The monoisotopic (exact) mass is 688 g/mol. The number of ether oxygens (including phenoxy) is 2. The molecule has 0 saturated carbocycles. The molecule has 3 aromatic carbocycles. The van der Waals surface area contributed by atoms with Crippen LogP contribution in [0.3, 0.4) is 0 Å². The van der Waals surface area contributed by atoms with E-state index < -0.39 is 18.0 Å². The van der Waals surface area contributed by atoms with E-state index in [0.717, 1.165) is 44.8 Å². The second-order valence-corrected chi connectivity index (χ2v) is 12.9. The van der Waals surface area contributed by atoms with Crippen LogP contribution in [-0.4, -0.2) is 24.0 Å². The van der Waals surface area contributed by atoms with Crippen LogP contribution in [-0.2, 0) is 9.59 Å². The molecule has 0 bridgehead atoms. The van der Waals surface area contributed by atoms with Crippen molar-refractivity contribution >= 4 is 45.8 Å². The Morgan fingerprint density at radius 1 is 0.643 bits per heavy atom. The van der Waals surface area contributed by atoms with Crippen molar-refractivity contribution in [2.45, 2.75) is 81.4 Å². The van der Waals surface area contributed by atoms with Gasteiger partial charge in [-0.2, -0.15) is 0 Å². The van der Waals surface area contributed by atoms with Crippen molar-refractivity contribution in [3.8, 4) is 11.5 Å². The highest BCUT2D eigenvalue weighted by Gasteiger charge is 2.30. The van der Waals surface area contributed by atoms with Gasteiger partial charge in [0.25, 0.3) is 11.8 Å². The van der Waals surface area contributed by atoms with E-state index in [1.54, 1.807) is 0 Å². The maximum atomic E-state index is 14.9. The predicted octanol–water partition coefficient (Wildman–Crippen LogP) is 8.37. The number of carbonyl (C=O) groups excluding carboxylic acids is 2. The molecule has 0 heterocycles. The number of hydrogen-bond acceptors (Lipinski definition) is 4. The van der Waals surface area contributed by atoms with E-state index in [-0.39, 0.29) is 35.1 Å². The van der Waals surface area contributed by atoms with Gasteiger partial charge in [0.05, 0.1) is 3.57 Å². The maximum Gasteiger partial charge on any atom is 0.265 e. The molecule has 2 atom stereocenters. The first kappa shape index (κ1) is 33.4. The highest BCUT2D eigenvalue weighted by molar-refractivity contribution is 14.1. The number of nitrogens with one attached hydrogen (secondary N) is 2. The average Bonchev–Trinajstić information content (AvgIpc) is 2.86. The molecule has 0 saturated heterocycles. The third-order valence-corrected chi connectivity index (χ3v) is 8.12. The van der Waals surface area contributed by atoms with Crippen LogP contribution in [0.15, 0.2) is 36.4 Å². The summed E-state index contributed by atoms with van der Waals surface area (Å²) in [7, 11) is 0. The van der Waals surface area contributed by atoms with E-state index in [0.29, 0.717) is 3.57 Å². The Hall–Kier alpha value is -3.14. The lowest BCUT2D eigenvalue weighted by atomic mass is 10.0. The average molecular weight is 689 g/mol. The molecule has 42 heavy (non-hydrogen) atoms. The molecular weight excluding hydrogens is 646 g/mol. The van der Waals surface area contributed by atoms with Gasteiger partial charge < -0.3 is 20.1 Å². The van der Waals surface area contributed by atoms with Crippen LogP contribution in [0.25, 0.3) is 0 Å². The van der Waals surface area contributed by atoms with E-state index in [1.807, 2.05) is 116 Å². The molecule has 0 unspecified atom stereocenters. The molecule has 0 aromatic heterocycles. The molecular formula is C34H42FIN2O4. The smallest absolute Gasteiger partial charge is 0.265 e. The summed E-state index contributed by atoms with van der Waals surface area (Å²) < 4.78 is 27.7. The minimum absolute atomic E-state index is 0.171. The first-order valence-electron chi connectivity index (χ1n) is 14.2. The molecule has 0 spiro atoms. The SMILES string of the molecule is Cc1cc(C)c(NC(=O)[C@H](Oc2cc(F)cc(O[C@@H](C(=O)Nc3c(C)cc(C)cc3C)C(C)C)c2I)C(C)C)c(C)c1. The van der Waals surface area contributed by atoms with Crippen LogP contribution in [0.5, 0.6) is 11.5 Å². The Morgan fingerprint density at radius 2 is 0.952 bits per heavy atom. The van der Waals surface area contributed by atoms with Crippen molar-refractivity contribution in [2.24, 2.45) is 11.8 Å². The van der Waals surface area contributed by atoms with Crippen LogP contribution in [0, 0.1) is 62.8 Å². The van der Waals surface area contributed by atoms with Gasteiger partial charge in [-0.3, -0.25) is 9.59 Å². The molecule has 0 aliphatic rings. The Kier molecular flexibility index (Phi) is 11.0. The Bertz CT molecular complexity index is 1330. The van der Waals surface area contributed by atoms with E-state index in [2.05, 4.69) is 10.6 Å². The summed E-state index contributed by atoms with van der Waals surface area (Å²) in [4.78, 5) is 26.8. The van der Waals surface area contributed by atoms with E-state index in [9.17, 15) is 14.0 Å². The lowest BCUT2D eigenvalue weighted by Gasteiger charge is -2.26. The number of anilines is 2. The fourth-order valence-electron chi connectivity index (χ4n) is 5.11. The molecule has 2 N–H and O–H groups in total. The first-order valence-corrected chi connectivity index (χ1v) is 15.3. The van der Waals surface area contributed by atoms with Crippen LogP contribution < -0.4 is 20.1 Å². The number of carbonyl (C=O) groups is 2. The first-order chi connectivity index (χ1) is 19.6. The van der Waals surface area contributed by atoms with Crippen LogP contribution in [0.2, 0.25) is 0 Å². The zero-order valence-corrected chi connectivity index (χ0v) is 28.3. The fraction of sp³-hybridized carbons (Fsp3) is 0.412. The predicted molar refractivity (Wildman–Crippen MR) is 176 cm³/mol. The molecule has 226 valence electrons. The fourth-order valence-corrected chi connectivity index (χ4v) is 5.68. The van der Waals surface area contributed by atoms with Crippen LogP contribution >= 0.6 is 22.6 Å². The summed E-state index contributed by atoms with van der Waals surface area (Å²) in [6.45, 7) is 19.3. The number of aryl methyl sites for hydroxylation is 6. The summed E-state index contributed by atoms with van der Waals surface area (Å²) in [5.41, 5.74) is 7.51. The molecule has 0 aliphatic carbocycles. The normalized spacial score (nSPS) is 12.7. The molecule has 0 radical (unpaired) electrons. The standard InChI is InChI=1S/C34H42FIN2O4/c1-17(2)31(33(39)37-29-21(7)11-19(5)12-22(29)8)41-26-15-25(35)16-27(28(26)36)42-32(18(3)4)34(40)38-30-23(9)13-20(6)14-24(30)10/h11-18,31-32H,1-10H3,(H,37,39)(H,38,40)/t31-,32-/m1/s1. The van der Waals surface area contributed by atoms with E-state index >= 15 is 0 Å². The van der Waals surface area contributed by atoms with Gasteiger partial charge >= 0.3 is 0 Å². The summed E-state index contributed by atoms with van der Waals surface area (Å²) in [6, 6.07) is 10.5. The summed E-state index contributed by atoms with van der Waals surface area (Å²) >= 11 is 2.01. The zero-order valence-electron chi connectivity index (χ0n) is 26.2. The zero-order chi connectivity index (χ0) is 31.5. The van der Waals surface area contributed by atoms with E-state index in [1.165, 1.54) is 12.1 Å². The summed E-state index contributed by atoms with van der Waals surface area (Å²) in [5, 5.41) is 6.02. The Morgan fingerprint density at radius 3 is 1.24 bits per heavy atom. The van der Waals surface area contributed by atoms with Crippen molar-refractivity contribution in [2.75, 3.05) is 10.6 Å². The topological polar surface area (TPSA) is 76.7 Å². The maximum absolute atomic E-state index is 14.9. The van der Waals surface area contributed by atoms with Crippen molar-refractivity contribution < 1.29 is 23.5 Å². The summed E-state index contributed by atoms with van der Waals surface area (Å²) in [5.74, 6) is -1.34. The van der Waals surface area contributed by atoms with Gasteiger partial charge in [0, 0.05) is 23.5 Å². The third kappa shape index (κ3) is 8.02. The molecule has 0 fully saturated rings. The molecule has 6 nitrogen and oxygen atoms in total. The van der Waals surface area contributed by atoms with Crippen molar-refractivity contribution in [3.63, 3.8) is 0 Å². The minimum atomic E-state index is -0.898. The molecule has 3 rings (SSSR count). The number of benzene rings is 3. The van der Waals surface area contributed by atoms with E-state index in [4.69, 9.17) is 9.47 Å². The molecule has 8 heteroatoms. The molecule has 0 aliphatic heterocycles. The quantitative estimate of drug-likeness (QED) is 0.210. The lowest BCUT2D eigenvalue weighted by molar-refractivity contribution is -0.125. The second-order valence-electron chi connectivity index (χ2n) is 11.8. The lowest BCUT2D eigenvalue weighted by Crippen LogP contribution is -2.38. The number of halogens is 2. The van der Waals surface area contributed by atoms with Gasteiger partial charge in [0.15, 0.2) is 12.2 Å². The van der Waals surface area contributed by atoms with Crippen molar-refractivity contribution in [1.29, 1.82) is 0 Å². The Balaban J connectivity index is 1.88. The number of hydrogen-bond donors (Lipinski definition) is 2. The van der Waals surface area contributed by atoms with Gasteiger partial charge in [0.2, 0.25) is 0 Å². The van der Waals surface area contributed by atoms with Gasteiger partial charge in [0.1, 0.15) is 17.3 Å². The molecule has 3 aromatic rings. The minimum Gasteiger partial charge on any atom is -0.479 e. The highest BCUT2D eigenvalue weighted by Crippen LogP contribution is 2.35. The third-order valence-electron chi connectivity index (χ3n) is 7.06. The number of amides is 2. The number of rotatable bonds is 10. The van der Waals surface area contributed by atoms with Crippen molar-refractivity contribution in [3.05, 3.63) is 79.2 Å². The highest BCUT2D eigenvalue weighted by atomic mass is 127.